The molecule has 9 nitrogen and oxygen atoms in total. The van der Waals surface area contributed by atoms with Crippen molar-refractivity contribution in [3.05, 3.63) is 66.0 Å². The van der Waals surface area contributed by atoms with E-state index in [0.29, 0.717) is 30.3 Å². The first kappa shape index (κ1) is 21.1. The van der Waals surface area contributed by atoms with Gasteiger partial charge in [0.05, 0.1) is 10.6 Å². The first-order chi connectivity index (χ1) is 14.9. The molecule has 1 amide bonds. The van der Waals surface area contributed by atoms with Crippen molar-refractivity contribution >= 4 is 15.9 Å². The zero-order chi connectivity index (χ0) is 22.0. The topological polar surface area (TPSA) is 101 Å². The van der Waals surface area contributed by atoms with Crippen LogP contribution in [0.2, 0.25) is 0 Å². The first-order valence-electron chi connectivity index (χ1n) is 10.1. The third-order valence-corrected chi connectivity index (χ3v) is 7.31. The van der Waals surface area contributed by atoms with Gasteiger partial charge >= 0.3 is 0 Å². The van der Waals surface area contributed by atoms with Gasteiger partial charge in [-0.05, 0) is 52.2 Å². The van der Waals surface area contributed by atoms with E-state index < -0.39 is 10.0 Å². The van der Waals surface area contributed by atoms with Crippen molar-refractivity contribution in [2.75, 3.05) is 26.2 Å². The molecule has 0 saturated carbocycles. The van der Waals surface area contributed by atoms with Crippen LogP contribution in [0, 0.1) is 0 Å². The fourth-order valence-corrected chi connectivity index (χ4v) is 5.00. The van der Waals surface area contributed by atoms with Gasteiger partial charge in [0.1, 0.15) is 6.33 Å². The van der Waals surface area contributed by atoms with Crippen molar-refractivity contribution in [3.8, 4) is 5.69 Å². The van der Waals surface area contributed by atoms with E-state index in [0.717, 1.165) is 0 Å². The smallest absolute Gasteiger partial charge is 0.253 e. The number of tetrazole rings is 1. The SMILES string of the molecule is CC(C)c1ccc(C(=O)N2CCN(S(=O)(=O)c3cccc(-n4cnnn4)c3)CC2)cc1. The fourth-order valence-electron chi connectivity index (χ4n) is 3.54. The predicted octanol–water partition coefficient (Wildman–Crippen LogP) is 1.93. The van der Waals surface area contributed by atoms with E-state index in [9.17, 15) is 13.2 Å². The minimum absolute atomic E-state index is 0.0759. The third-order valence-electron chi connectivity index (χ3n) is 5.42. The lowest BCUT2D eigenvalue weighted by atomic mass is 10.0. The number of carbonyl (C=O) groups is 1. The number of carbonyl (C=O) groups excluding carboxylic acids is 1. The molecular formula is C21H24N6O3S. The molecule has 1 aromatic heterocycles. The Morgan fingerprint density at radius 2 is 1.71 bits per heavy atom. The number of sulfonamides is 1. The maximum atomic E-state index is 13.1. The molecular weight excluding hydrogens is 416 g/mol. The summed E-state index contributed by atoms with van der Waals surface area (Å²) in [6.45, 7) is 5.39. The molecule has 0 atom stereocenters. The third kappa shape index (κ3) is 4.35. The number of piperazine rings is 1. The molecule has 31 heavy (non-hydrogen) atoms. The lowest BCUT2D eigenvalue weighted by molar-refractivity contribution is 0.0698. The van der Waals surface area contributed by atoms with E-state index in [1.165, 1.54) is 20.9 Å². The summed E-state index contributed by atoms with van der Waals surface area (Å²) in [7, 11) is -3.69. The molecule has 4 rings (SSSR count). The Balaban J connectivity index is 1.44. The summed E-state index contributed by atoms with van der Waals surface area (Å²) < 4.78 is 29.1. The van der Waals surface area contributed by atoms with Gasteiger partial charge in [0.2, 0.25) is 10.0 Å². The Morgan fingerprint density at radius 3 is 2.32 bits per heavy atom. The molecule has 2 aromatic carbocycles. The highest BCUT2D eigenvalue weighted by molar-refractivity contribution is 7.89. The summed E-state index contributed by atoms with van der Waals surface area (Å²) in [5.41, 5.74) is 2.36. The van der Waals surface area contributed by atoms with E-state index >= 15 is 0 Å². The number of aromatic nitrogens is 4. The van der Waals surface area contributed by atoms with Crippen LogP contribution in [0.5, 0.6) is 0 Å². The summed E-state index contributed by atoms with van der Waals surface area (Å²) in [5.74, 6) is 0.324. The average Bonchev–Trinajstić information content (AvgIpc) is 3.34. The molecule has 1 aliphatic heterocycles. The van der Waals surface area contributed by atoms with Crippen LogP contribution in [0.15, 0.2) is 59.8 Å². The van der Waals surface area contributed by atoms with Gasteiger partial charge in [-0.3, -0.25) is 4.79 Å². The Kier molecular flexibility index (Phi) is 5.84. The second-order valence-corrected chi connectivity index (χ2v) is 9.66. The largest absolute Gasteiger partial charge is 0.336 e. The summed E-state index contributed by atoms with van der Waals surface area (Å²) in [6, 6.07) is 14.1. The van der Waals surface area contributed by atoms with Gasteiger partial charge in [0, 0.05) is 31.7 Å². The number of hydrogen-bond donors (Lipinski definition) is 0. The first-order valence-corrected chi connectivity index (χ1v) is 11.5. The molecule has 1 aliphatic rings. The van der Waals surface area contributed by atoms with Gasteiger partial charge in [-0.2, -0.15) is 4.31 Å². The zero-order valence-corrected chi connectivity index (χ0v) is 18.2. The maximum Gasteiger partial charge on any atom is 0.253 e. The monoisotopic (exact) mass is 440 g/mol. The highest BCUT2D eigenvalue weighted by atomic mass is 32.2. The van der Waals surface area contributed by atoms with Gasteiger partial charge in [0.15, 0.2) is 0 Å². The Hall–Kier alpha value is -3.11. The normalized spacial score (nSPS) is 15.4. The molecule has 10 heteroatoms. The zero-order valence-electron chi connectivity index (χ0n) is 17.4. The fraction of sp³-hybridized carbons (Fsp3) is 0.333. The van der Waals surface area contributed by atoms with Crippen molar-refractivity contribution in [2.24, 2.45) is 0 Å². The lowest BCUT2D eigenvalue weighted by Crippen LogP contribution is -2.50. The average molecular weight is 441 g/mol. The molecule has 1 fully saturated rings. The van der Waals surface area contributed by atoms with Gasteiger partial charge in [-0.15, -0.1) is 5.10 Å². The van der Waals surface area contributed by atoms with E-state index in [1.807, 2.05) is 24.3 Å². The van der Waals surface area contributed by atoms with Crippen LogP contribution < -0.4 is 0 Å². The molecule has 0 aliphatic carbocycles. The molecule has 0 N–H and O–H groups in total. The van der Waals surface area contributed by atoms with E-state index in [2.05, 4.69) is 29.4 Å². The molecule has 1 saturated heterocycles. The van der Waals surface area contributed by atoms with Gasteiger partial charge in [0.25, 0.3) is 5.91 Å². The molecule has 0 bridgehead atoms. The molecule has 0 radical (unpaired) electrons. The number of rotatable bonds is 5. The number of nitrogens with zero attached hydrogens (tertiary/aromatic N) is 6. The van der Waals surface area contributed by atoms with Crippen LogP contribution in [-0.2, 0) is 10.0 Å². The quantitative estimate of drug-likeness (QED) is 0.601. The van der Waals surface area contributed by atoms with Gasteiger partial charge in [-0.1, -0.05) is 32.0 Å². The maximum absolute atomic E-state index is 13.1. The van der Waals surface area contributed by atoms with E-state index in [1.54, 1.807) is 29.2 Å². The Labute approximate surface area is 181 Å². The van der Waals surface area contributed by atoms with Gasteiger partial charge < -0.3 is 4.90 Å². The van der Waals surface area contributed by atoms with Crippen LogP contribution in [-0.4, -0.2) is 69.9 Å². The second kappa shape index (κ2) is 8.56. The van der Waals surface area contributed by atoms with Crippen LogP contribution in [0.1, 0.15) is 35.7 Å². The molecule has 0 unspecified atom stereocenters. The minimum Gasteiger partial charge on any atom is -0.336 e. The predicted molar refractivity (Wildman–Crippen MR) is 114 cm³/mol. The molecule has 0 spiro atoms. The van der Waals surface area contributed by atoms with Crippen molar-refractivity contribution in [2.45, 2.75) is 24.7 Å². The van der Waals surface area contributed by atoms with Gasteiger partial charge in [-0.25, -0.2) is 13.1 Å². The van der Waals surface area contributed by atoms with Crippen LogP contribution in [0.4, 0.5) is 0 Å². The number of hydrogen-bond acceptors (Lipinski definition) is 6. The minimum atomic E-state index is -3.69. The lowest BCUT2D eigenvalue weighted by Gasteiger charge is -2.34. The van der Waals surface area contributed by atoms with Crippen LogP contribution >= 0.6 is 0 Å². The summed E-state index contributed by atoms with van der Waals surface area (Å²) in [6.07, 6.45) is 1.41. The number of amides is 1. The standard InChI is InChI=1S/C21H24N6O3S/c1-16(2)17-6-8-18(9-7-17)21(28)25-10-12-26(13-11-25)31(29,30)20-5-3-4-19(14-20)27-15-22-23-24-27/h3-9,14-16H,10-13H2,1-2H3. The summed E-state index contributed by atoms with van der Waals surface area (Å²) in [5, 5.41) is 11.0. The van der Waals surface area contributed by atoms with E-state index in [-0.39, 0.29) is 23.9 Å². The number of benzene rings is 2. The van der Waals surface area contributed by atoms with Crippen LogP contribution in [0.3, 0.4) is 0 Å². The molecule has 2 heterocycles. The van der Waals surface area contributed by atoms with Crippen molar-refractivity contribution in [3.63, 3.8) is 0 Å². The molecule has 162 valence electrons. The summed E-state index contributed by atoms with van der Waals surface area (Å²) in [4.78, 5) is 14.7. The summed E-state index contributed by atoms with van der Waals surface area (Å²) >= 11 is 0. The van der Waals surface area contributed by atoms with Crippen LogP contribution in [0.25, 0.3) is 5.69 Å². The van der Waals surface area contributed by atoms with E-state index in [4.69, 9.17) is 0 Å². The highest BCUT2D eigenvalue weighted by Crippen LogP contribution is 2.21. The van der Waals surface area contributed by atoms with Crippen molar-refractivity contribution < 1.29 is 13.2 Å². The van der Waals surface area contributed by atoms with Crippen molar-refractivity contribution in [1.29, 1.82) is 0 Å². The van der Waals surface area contributed by atoms with Crippen molar-refractivity contribution in [1.82, 2.24) is 29.4 Å². The Bertz CT molecular complexity index is 1150. The molecule has 3 aromatic rings. The Morgan fingerprint density at radius 1 is 1.00 bits per heavy atom. The second-order valence-electron chi connectivity index (χ2n) is 7.72. The highest BCUT2D eigenvalue weighted by Gasteiger charge is 2.30.